The molecule has 3 heteroatoms. The van der Waals surface area contributed by atoms with Crippen molar-refractivity contribution in [3.05, 3.63) is 0 Å². The van der Waals surface area contributed by atoms with Crippen LogP contribution in [0.4, 0.5) is 0 Å². The van der Waals surface area contributed by atoms with E-state index in [1.54, 1.807) is 0 Å². The second-order valence-electron chi connectivity index (χ2n) is 3.50. The fourth-order valence-electron chi connectivity index (χ4n) is 1.41. The lowest BCUT2D eigenvalue weighted by Gasteiger charge is -2.19. The molecule has 0 radical (unpaired) electrons. The van der Waals surface area contributed by atoms with Crippen molar-refractivity contribution in [2.45, 2.75) is 26.4 Å². The number of aliphatic hydroxyl groups excluding tert-OH is 1. The van der Waals surface area contributed by atoms with Crippen LogP contribution in [-0.4, -0.2) is 23.7 Å². The molecule has 0 spiro atoms. The molecule has 0 bridgehead atoms. The van der Waals surface area contributed by atoms with Gasteiger partial charge in [0.25, 0.3) is 0 Å². The van der Waals surface area contributed by atoms with Crippen molar-refractivity contribution < 1.29 is 9.90 Å². The normalized spacial score (nSPS) is 27.3. The van der Waals surface area contributed by atoms with E-state index in [0.717, 1.165) is 0 Å². The molecule has 1 rings (SSSR count). The van der Waals surface area contributed by atoms with E-state index in [0.29, 0.717) is 13.0 Å². The van der Waals surface area contributed by atoms with Crippen LogP contribution in [0.1, 0.15) is 20.3 Å². The first kappa shape index (κ1) is 8.53. The van der Waals surface area contributed by atoms with E-state index in [9.17, 15) is 9.90 Å². The van der Waals surface area contributed by atoms with Crippen LogP contribution in [0, 0.1) is 11.8 Å². The Hall–Kier alpha value is -0.570. The topological polar surface area (TPSA) is 49.3 Å². The molecular formula is C8H15NO2. The summed E-state index contributed by atoms with van der Waals surface area (Å²) in [5, 5.41) is 12.3. The van der Waals surface area contributed by atoms with Gasteiger partial charge < -0.3 is 10.4 Å². The standard InChI is InChI=1S/C8H15NO2/c1-5(2)8(11)6-3-7(10)9-4-6/h5-6,8,11H,3-4H2,1-2H3,(H,9,10)/t6?,8-/m1/s1. The highest BCUT2D eigenvalue weighted by molar-refractivity contribution is 5.78. The third kappa shape index (κ3) is 1.93. The Bertz CT molecular complexity index is 156. The molecule has 11 heavy (non-hydrogen) atoms. The van der Waals surface area contributed by atoms with Crippen molar-refractivity contribution in [3.8, 4) is 0 Å². The number of aliphatic hydroxyl groups is 1. The summed E-state index contributed by atoms with van der Waals surface area (Å²) in [5.74, 6) is 0.435. The monoisotopic (exact) mass is 157 g/mol. The summed E-state index contributed by atoms with van der Waals surface area (Å²) >= 11 is 0. The Kier molecular flexibility index (Phi) is 2.49. The highest BCUT2D eigenvalue weighted by Gasteiger charge is 2.29. The molecule has 0 aromatic rings. The number of hydrogen-bond donors (Lipinski definition) is 2. The van der Waals surface area contributed by atoms with E-state index >= 15 is 0 Å². The Morgan fingerprint density at radius 1 is 1.64 bits per heavy atom. The van der Waals surface area contributed by atoms with Gasteiger partial charge in [-0.15, -0.1) is 0 Å². The molecule has 1 saturated heterocycles. The lowest BCUT2D eigenvalue weighted by molar-refractivity contribution is -0.119. The minimum atomic E-state index is -0.339. The molecular weight excluding hydrogens is 142 g/mol. The molecule has 0 aromatic heterocycles. The quantitative estimate of drug-likeness (QED) is 0.599. The summed E-state index contributed by atoms with van der Waals surface area (Å²) in [6.07, 6.45) is 0.147. The van der Waals surface area contributed by atoms with Gasteiger partial charge in [0.05, 0.1) is 6.10 Å². The minimum absolute atomic E-state index is 0.0645. The van der Waals surface area contributed by atoms with E-state index in [2.05, 4.69) is 5.32 Å². The van der Waals surface area contributed by atoms with Gasteiger partial charge in [-0.25, -0.2) is 0 Å². The second kappa shape index (κ2) is 3.22. The molecule has 1 aliphatic heterocycles. The van der Waals surface area contributed by atoms with Gasteiger partial charge in [0, 0.05) is 18.9 Å². The fraction of sp³-hybridized carbons (Fsp3) is 0.875. The smallest absolute Gasteiger partial charge is 0.220 e. The lowest BCUT2D eigenvalue weighted by atomic mass is 9.93. The molecule has 3 nitrogen and oxygen atoms in total. The van der Waals surface area contributed by atoms with Crippen molar-refractivity contribution in [1.82, 2.24) is 5.32 Å². The van der Waals surface area contributed by atoms with Gasteiger partial charge in [0.15, 0.2) is 0 Å². The van der Waals surface area contributed by atoms with E-state index in [-0.39, 0.29) is 23.8 Å². The SMILES string of the molecule is CC(C)[C@@H](O)C1CNC(=O)C1. The average Bonchev–Trinajstić information content (AvgIpc) is 2.34. The van der Waals surface area contributed by atoms with Gasteiger partial charge in [-0.3, -0.25) is 4.79 Å². The van der Waals surface area contributed by atoms with Gasteiger partial charge in [0.1, 0.15) is 0 Å². The lowest BCUT2D eigenvalue weighted by Crippen LogP contribution is -2.27. The summed E-state index contributed by atoms with van der Waals surface area (Å²) in [5.41, 5.74) is 0. The largest absolute Gasteiger partial charge is 0.392 e. The number of nitrogens with one attached hydrogen (secondary N) is 1. The highest BCUT2D eigenvalue weighted by Crippen LogP contribution is 2.19. The number of carbonyl (C=O) groups is 1. The molecule has 1 heterocycles. The molecule has 2 N–H and O–H groups in total. The number of hydrogen-bond acceptors (Lipinski definition) is 2. The number of rotatable bonds is 2. The maximum atomic E-state index is 10.8. The molecule has 0 aromatic carbocycles. The predicted octanol–water partition coefficient (Wildman–Crippen LogP) is 0.139. The van der Waals surface area contributed by atoms with Crippen LogP contribution in [0.25, 0.3) is 0 Å². The second-order valence-corrected chi connectivity index (χ2v) is 3.50. The molecule has 1 unspecified atom stereocenters. The van der Waals surface area contributed by atoms with Gasteiger partial charge in [-0.2, -0.15) is 0 Å². The Labute approximate surface area is 66.8 Å². The van der Waals surface area contributed by atoms with Crippen LogP contribution in [0.5, 0.6) is 0 Å². The predicted molar refractivity (Wildman–Crippen MR) is 42.0 cm³/mol. The third-order valence-corrected chi connectivity index (χ3v) is 2.18. The fourth-order valence-corrected chi connectivity index (χ4v) is 1.41. The van der Waals surface area contributed by atoms with Crippen LogP contribution in [0.15, 0.2) is 0 Å². The molecule has 1 aliphatic rings. The van der Waals surface area contributed by atoms with Crippen LogP contribution >= 0.6 is 0 Å². The zero-order valence-electron chi connectivity index (χ0n) is 7.00. The van der Waals surface area contributed by atoms with Crippen molar-refractivity contribution >= 4 is 5.91 Å². The van der Waals surface area contributed by atoms with E-state index in [1.807, 2.05) is 13.8 Å². The Balaban J connectivity index is 2.43. The Morgan fingerprint density at radius 2 is 2.27 bits per heavy atom. The molecule has 0 saturated carbocycles. The van der Waals surface area contributed by atoms with Crippen molar-refractivity contribution in [2.24, 2.45) is 11.8 Å². The average molecular weight is 157 g/mol. The molecule has 1 amide bonds. The first-order chi connectivity index (χ1) is 5.11. The summed E-state index contributed by atoms with van der Waals surface area (Å²) < 4.78 is 0. The summed E-state index contributed by atoms with van der Waals surface area (Å²) in [7, 11) is 0. The van der Waals surface area contributed by atoms with E-state index in [1.165, 1.54) is 0 Å². The molecule has 1 fully saturated rings. The van der Waals surface area contributed by atoms with Gasteiger partial charge >= 0.3 is 0 Å². The van der Waals surface area contributed by atoms with Crippen LogP contribution < -0.4 is 5.32 Å². The zero-order valence-corrected chi connectivity index (χ0v) is 7.00. The maximum Gasteiger partial charge on any atom is 0.220 e. The van der Waals surface area contributed by atoms with Crippen molar-refractivity contribution in [2.75, 3.05) is 6.54 Å². The van der Waals surface area contributed by atoms with Crippen molar-refractivity contribution in [1.29, 1.82) is 0 Å². The number of amides is 1. The molecule has 64 valence electrons. The first-order valence-corrected chi connectivity index (χ1v) is 4.06. The minimum Gasteiger partial charge on any atom is -0.392 e. The van der Waals surface area contributed by atoms with Crippen LogP contribution in [-0.2, 0) is 4.79 Å². The van der Waals surface area contributed by atoms with E-state index in [4.69, 9.17) is 0 Å². The third-order valence-electron chi connectivity index (χ3n) is 2.18. The van der Waals surface area contributed by atoms with Crippen LogP contribution in [0.2, 0.25) is 0 Å². The molecule has 2 atom stereocenters. The van der Waals surface area contributed by atoms with Crippen molar-refractivity contribution in [3.63, 3.8) is 0 Å². The summed E-state index contributed by atoms with van der Waals surface area (Å²) in [6, 6.07) is 0. The highest BCUT2D eigenvalue weighted by atomic mass is 16.3. The summed E-state index contributed by atoms with van der Waals surface area (Å²) in [6.45, 7) is 4.57. The molecule has 0 aliphatic carbocycles. The van der Waals surface area contributed by atoms with Gasteiger partial charge in [-0.1, -0.05) is 13.8 Å². The van der Waals surface area contributed by atoms with Gasteiger partial charge in [-0.05, 0) is 5.92 Å². The zero-order chi connectivity index (χ0) is 8.43. The van der Waals surface area contributed by atoms with E-state index < -0.39 is 0 Å². The summed E-state index contributed by atoms with van der Waals surface area (Å²) in [4.78, 5) is 10.8. The van der Waals surface area contributed by atoms with Crippen LogP contribution in [0.3, 0.4) is 0 Å². The number of carbonyl (C=O) groups excluding carboxylic acids is 1. The first-order valence-electron chi connectivity index (χ1n) is 4.06. The van der Waals surface area contributed by atoms with Gasteiger partial charge in [0.2, 0.25) is 5.91 Å². The maximum absolute atomic E-state index is 10.8. The Morgan fingerprint density at radius 3 is 2.64 bits per heavy atom.